The summed E-state index contributed by atoms with van der Waals surface area (Å²) in [5, 5.41) is 41.8. The highest BCUT2D eigenvalue weighted by atomic mass is 32.2. The molecule has 1 heterocycles. The van der Waals surface area contributed by atoms with Crippen molar-refractivity contribution in [3.63, 3.8) is 0 Å². The first kappa shape index (κ1) is 49.7. The van der Waals surface area contributed by atoms with E-state index in [4.69, 9.17) is 28.4 Å². The van der Waals surface area contributed by atoms with E-state index in [0.717, 1.165) is 19.0 Å². The topological polar surface area (TPSA) is 272 Å². The third-order valence-electron chi connectivity index (χ3n) is 13.5. The van der Waals surface area contributed by atoms with Crippen LogP contribution < -0.4 is 5.90 Å². The third kappa shape index (κ3) is 9.46. The molecule has 0 amide bonds. The van der Waals surface area contributed by atoms with Crippen molar-refractivity contribution in [1.82, 2.24) is 0 Å². The molecule has 2 aromatic rings. The predicted octanol–water partition coefficient (Wildman–Crippen LogP) is 3.07. The average molecular weight is 930 g/mol. The van der Waals surface area contributed by atoms with E-state index in [1.807, 2.05) is 0 Å². The smallest absolute Gasteiger partial charge is 0.348 e. The van der Waals surface area contributed by atoms with E-state index in [9.17, 15) is 39.3 Å². The number of rotatable bonds is 17. The highest BCUT2D eigenvalue weighted by Crippen LogP contribution is 2.64. The van der Waals surface area contributed by atoms with E-state index in [1.165, 1.54) is 26.0 Å². The number of aliphatic hydroxyl groups is 3. The molecule has 1 aliphatic heterocycles. The molecule has 1 saturated heterocycles. The Morgan fingerprint density at radius 3 is 2.25 bits per heavy atom. The fourth-order valence-corrected chi connectivity index (χ4v) is 10.4. The molecule has 20 heteroatoms. The zero-order valence-corrected chi connectivity index (χ0v) is 37.6. The molecule has 0 aromatic heterocycles. The fraction of sp³-hybridized carbons (Fsp3) is 0.556. The van der Waals surface area contributed by atoms with Gasteiger partial charge in [0.2, 0.25) is 6.10 Å². The van der Waals surface area contributed by atoms with Crippen LogP contribution in [0, 0.1) is 16.7 Å². The van der Waals surface area contributed by atoms with Crippen LogP contribution in [0.4, 0.5) is 0 Å². The number of aliphatic hydroxyl groups excluding tert-OH is 2. The lowest BCUT2D eigenvalue weighted by atomic mass is 9.44. The minimum Gasteiger partial charge on any atom is -0.455 e. The average Bonchev–Trinajstić information content (AvgIpc) is 3.27. The Morgan fingerprint density at radius 1 is 0.969 bits per heavy atom. The summed E-state index contributed by atoms with van der Waals surface area (Å²) in [5.74, 6) is -3.03. The summed E-state index contributed by atoms with van der Waals surface area (Å²) in [6.07, 6.45) is -10.2. The molecule has 354 valence electrons. The molecule has 19 nitrogen and oxygen atoms in total. The molecule has 6 rings (SSSR count). The molecule has 2 unspecified atom stereocenters. The molecule has 11 atom stereocenters. The Balaban J connectivity index is 1.38. The molecular weight excluding hydrogens is 875 g/mol. The van der Waals surface area contributed by atoms with Crippen molar-refractivity contribution >= 4 is 47.7 Å². The number of carbonyl (C=O) groups is 6. The first-order valence-corrected chi connectivity index (χ1v) is 22.0. The highest BCUT2D eigenvalue weighted by Gasteiger charge is 2.78. The number of hydrogen-bond acceptors (Lipinski definition) is 20. The standard InChI is InChI=1S/C45H55NO18S/c1-24(27-14-9-7-10-15-27)36(59-33(50)22-56-32(49)18-13-19-65-64-63-62-46)41(54)58-29-21-45(55)39(60-40(53)28-16-11-8-12-17-28)37-43(6,38(52)35(51)34(25(29)2)42(45,4)5)30(48)20-31-44(37,23-57-31)61-26(3)47/h7-12,14-17,24,29-31,35-37,39,48,51,55H,13,18-23,46H2,1-6H3/t24-,29-,30-,31?,35+,36+,37-,39?,43+,44-,45-/m0/s1. The summed E-state index contributed by atoms with van der Waals surface area (Å²) in [7, 11) is 0. The number of carbonyl (C=O) groups excluding carboxylic acids is 6. The Morgan fingerprint density at radius 2 is 1.63 bits per heavy atom. The van der Waals surface area contributed by atoms with Crippen molar-refractivity contribution in [1.29, 1.82) is 0 Å². The lowest BCUT2D eigenvalue weighted by Gasteiger charge is -2.67. The van der Waals surface area contributed by atoms with E-state index >= 15 is 4.79 Å². The Hall–Kier alpha value is -4.77. The number of fused-ring (bicyclic) bond motifs is 5. The van der Waals surface area contributed by atoms with E-state index in [-0.39, 0.29) is 48.3 Å². The van der Waals surface area contributed by atoms with Crippen LogP contribution in [0.25, 0.3) is 0 Å². The van der Waals surface area contributed by atoms with Gasteiger partial charge in [-0.25, -0.2) is 14.4 Å². The summed E-state index contributed by atoms with van der Waals surface area (Å²) >= 11 is 0.807. The second-order valence-corrected chi connectivity index (χ2v) is 18.3. The van der Waals surface area contributed by atoms with Crippen LogP contribution in [0.15, 0.2) is 71.8 Å². The lowest BCUT2D eigenvalue weighted by Crippen LogP contribution is -2.81. The van der Waals surface area contributed by atoms with Gasteiger partial charge in [-0.2, -0.15) is 5.90 Å². The summed E-state index contributed by atoms with van der Waals surface area (Å²) in [4.78, 5) is 86.2. The van der Waals surface area contributed by atoms with E-state index in [2.05, 4.69) is 20.3 Å². The van der Waals surface area contributed by atoms with Gasteiger partial charge in [-0.3, -0.25) is 14.4 Å². The number of Topliss-reactive ketones (excluding diaryl/α,β-unsaturated/α-hetero) is 1. The number of benzene rings is 2. The number of ketones is 1. The zero-order valence-electron chi connectivity index (χ0n) is 36.8. The number of ether oxygens (including phenoxy) is 6. The van der Waals surface area contributed by atoms with Crippen molar-refractivity contribution in [3.05, 3.63) is 82.9 Å². The molecule has 3 aliphatic carbocycles. The van der Waals surface area contributed by atoms with Gasteiger partial charge in [0.1, 0.15) is 30.0 Å². The van der Waals surface area contributed by atoms with Crippen LogP contribution in [0.5, 0.6) is 0 Å². The van der Waals surface area contributed by atoms with Crippen molar-refractivity contribution < 1.29 is 86.9 Å². The van der Waals surface area contributed by atoms with Gasteiger partial charge in [0.25, 0.3) is 0 Å². The molecule has 2 aromatic carbocycles. The van der Waals surface area contributed by atoms with Crippen molar-refractivity contribution in [2.24, 2.45) is 22.6 Å². The van der Waals surface area contributed by atoms with E-state index in [0.29, 0.717) is 5.56 Å². The monoisotopic (exact) mass is 929 g/mol. The van der Waals surface area contributed by atoms with Gasteiger partial charge < -0.3 is 43.7 Å². The second-order valence-electron chi connectivity index (χ2n) is 17.5. The molecule has 4 aliphatic rings. The number of nitrogens with two attached hydrogens (primary N) is 1. The summed E-state index contributed by atoms with van der Waals surface area (Å²) in [6.45, 7) is 7.56. The largest absolute Gasteiger partial charge is 0.455 e. The Kier molecular flexibility index (Phi) is 15.3. The maximum atomic E-state index is 15.1. The van der Waals surface area contributed by atoms with E-state index in [1.54, 1.807) is 69.3 Å². The Labute approximate surface area is 379 Å². The van der Waals surface area contributed by atoms with Crippen LogP contribution in [-0.4, -0.2) is 118 Å². The maximum Gasteiger partial charge on any atom is 0.348 e. The summed E-state index contributed by atoms with van der Waals surface area (Å²) in [6, 6.07) is 16.4. The van der Waals surface area contributed by atoms with Crippen LogP contribution in [0.2, 0.25) is 0 Å². The fourth-order valence-electron chi connectivity index (χ4n) is 10.00. The van der Waals surface area contributed by atoms with Crippen LogP contribution >= 0.6 is 12.0 Å². The molecule has 3 fully saturated rings. The minimum atomic E-state index is -2.38. The van der Waals surface area contributed by atoms with Crippen molar-refractivity contribution in [3.8, 4) is 0 Å². The SMILES string of the molecule is CC(=O)O[C@@]12COC1C[C@H](O)[C@@]1(C)C(=O)[C@H](O)C3=C(C)[C@@H](OC(=O)[C@H](OC(=O)COC(=O)CCCSOOON)[C@@H](C)c4ccccc4)C[C@](O)(C(OC(=O)c4ccccc4)[C@@H]12)C3(C)C. The number of esters is 5. The molecule has 5 N–H and O–H groups in total. The van der Waals surface area contributed by atoms with E-state index < -0.39 is 119 Å². The lowest BCUT2D eigenvalue weighted by molar-refractivity contribution is -0.464. The molecule has 65 heavy (non-hydrogen) atoms. The molecule has 0 radical (unpaired) electrons. The van der Waals surface area contributed by atoms with Crippen LogP contribution in [-0.2, 0) is 66.8 Å². The molecule has 2 bridgehead atoms. The first-order valence-electron chi connectivity index (χ1n) is 21.1. The quantitative estimate of drug-likeness (QED) is 0.0338. The van der Waals surface area contributed by atoms with Crippen molar-refractivity contribution in [2.45, 2.75) is 121 Å². The zero-order chi connectivity index (χ0) is 47.5. The van der Waals surface area contributed by atoms with Gasteiger partial charge in [0.15, 0.2) is 18.0 Å². The van der Waals surface area contributed by atoms with Crippen LogP contribution in [0.3, 0.4) is 0 Å². The van der Waals surface area contributed by atoms with Gasteiger partial charge in [0.05, 0.1) is 29.6 Å². The predicted molar refractivity (Wildman–Crippen MR) is 224 cm³/mol. The third-order valence-corrected chi connectivity index (χ3v) is 14.1. The first-order chi connectivity index (χ1) is 30.7. The summed E-state index contributed by atoms with van der Waals surface area (Å²) < 4.78 is 39.7. The van der Waals surface area contributed by atoms with Gasteiger partial charge in [-0.05, 0) is 54.1 Å². The van der Waals surface area contributed by atoms with Gasteiger partial charge in [-0.1, -0.05) is 69.3 Å². The van der Waals surface area contributed by atoms with Gasteiger partial charge in [0, 0.05) is 55.3 Å². The van der Waals surface area contributed by atoms with Crippen molar-refractivity contribution in [2.75, 3.05) is 19.0 Å². The van der Waals surface area contributed by atoms with Gasteiger partial charge in [-0.15, -0.1) is 9.32 Å². The molecule has 2 saturated carbocycles. The van der Waals surface area contributed by atoms with Gasteiger partial charge >= 0.3 is 29.8 Å². The maximum absolute atomic E-state index is 15.1. The molecular formula is C45H55NO18S. The molecule has 0 spiro atoms. The highest BCUT2D eigenvalue weighted by molar-refractivity contribution is 7.94. The minimum absolute atomic E-state index is 0.0665. The summed E-state index contributed by atoms with van der Waals surface area (Å²) in [5.41, 5.74) is -7.12. The Bertz CT molecular complexity index is 2140. The normalized spacial score (nSPS) is 31.0. The van der Waals surface area contributed by atoms with Crippen LogP contribution in [0.1, 0.15) is 89.1 Å². The number of hydrogen-bond donors (Lipinski definition) is 4. The second kappa shape index (κ2) is 20.0.